The summed E-state index contributed by atoms with van der Waals surface area (Å²) in [5.74, 6) is -0.851. The van der Waals surface area contributed by atoms with Gasteiger partial charge in [-0.2, -0.15) is 0 Å². The number of carbonyl (C=O) groups excluding carboxylic acids is 2. The SMILES string of the molecule is CC(C)N(CC(N)=O)c1ccc2c(c1)NC(=O)C2O. The smallest absolute Gasteiger partial charge is 0.257 e. The topological polar surface area (TPSA) is 95.7 Å². The average Bonchev–Trinajstić information content (AvgIpc) is 2.61. The van der Waals surface area contributed by atoms with Crippen LogP contribution in [0.2, 0.25) is 0 Å². The van der Waals surface area contributed by atoms with Crippen molar-refractivity contribution in [1.29, 1.82) is 0 Å². The van der Waals surface area contributed by atoms with Crippen LogP contribution in [0.15, 0.2) is 18.2 Å². The number of nitrogens with two attached hydrogens (primary N) is 1. The largest absolute Gasteiger partial charge is 0.378 e. The molecule has 0 aromatic heterocycles. The molecule has 1 aliphatic rings. The van der Waals surface area contributed by atoms with E-state index in [1.165, 1.54) is 0 Å². The van der Waals surface area contributed by atoms with Crippen molar-refractivity contribution in [3.05, 3.63) is 23.8 Å². The van der Waals surface area contributed by atoms with Gasteiger partial charge in [0.2, 0.25) is 5.91 Å². The van der Waals surface area contributed by atoms with Crippen LogP contribution in [0.4, 0.5) is 11.4 Å². The summed E-state index contributed by atoms with van der Waals surface area (Å²) in [5.41, 5.74) is 7.14. The predicted octanol–water partition coefficient (Wildman–Crippen LogP) is 0.372. The van der Waals surface area contributed by atoms with E-state index in [1.54, 1.807) is 18.2 Å². The van der Waals surface area contributed by atoms with Gasteiger partial charge in [0.1, 0.15) is 0 Å². The number of hydrogen-bond acceptors (Lipinski definition) is 4. The molecule has 0 saturated heterocycles. The molecule has 1 heterocycles. The molecule has 1 aromatic carbocycles. The highest BCUT2D eigenvalue weighted by Gasteiger charge is 2.29. The Kier molecular flexibility index (Phi) is 3.44. The molecule has 2 rings (SSSR count). The van der Waals surface area contributed by atoms with Crippen molar-refractivity contribution in [1.82, 2.24) is 0 Å². The molecule has 6 nitrogen and oxygen atoms in total. The number of aliphatic hydroxyl groups is 1. The lowest BCUT2D eigenvalue weighted by molar-refractivity contribution is -0.123. The highest BCUT2D eigenvalue weighted by Crippen LogP contribution is 2.34. The number of primary amides is 1. The summed E-state index contributed by atoms with van der Waals surface area (Å²) >= 11 is 0. The number of aliphatic hydroxyl groups excluding tert-OH is 1. The molecule has 0 spiro atoms. The maximum atomic E-state index is 11.4. The Morgan fingerprint density at radius 3 is 2.79 bits per heavy atom. The van der Waals surface area contributed by atoms with E-state index in [0.717, 1.165) is 5.69 Å². The lowest BCUT2D eigenvalue weighted by atomic mass is 10.1. The standard InChI is InChI=1S/C13H17N3O3/c1-7(2)16(6-11(14)17)8-3-4-9-10(5-8)15-13(19)12(9)18/h3-5,7,12,18H,6H2,1-2H3,(H2,14,17)(H,15,19). The van der Waals surface area contributed by atoms with E-state index < -0.39 is 17.9 Å². The molecule has 0 bridgehead atoms. The molecule has 0 saturated carbocycles. The van der Waals surface area contributed by atoms with Gasteiger partial charge in [0.25, 0.3) is 5.91 Å². The van der Waals surface area contributed by atoms with Gasteiger partial charge in [0.15, 0.2) is 6.10 Å². The highest BCUT2D eigenvalue weighted by molar-refractivity contribution is 6.02. The van der Waals surface area contributed by atoms with Gasteiger partial charge in [0.05, 0.1) is 6.54 Å². The van der Waals surface area contributed by atoms with Crippen molar-refractivity contribution in [2.24, 2.45) is 5.73 Å². The Morgan fingerprint density at radius 1 is 1.53 bits per heavy atom. The summed E-state index contributed by atoms with van der Waals surface area (Å²) in [6.45, 7) is 4.00. The van der Waals surface area contributed by atoms with Crippen LogP contribution in [-0.2, 0) is 9.59 Å². The van der Waals surface area contributed by atoms with Crippen molar-refractivity contribution < 1.29 is 14.7 Å². The predicted molar refractivity (Wildman–Crippen MR) is 71.7 cm³/mol. The number of nitrogens with zero attached hydrogens (tertiary/aromatic N) is 1. The minimum atomic E-state index is -1.12. The van der Waals surface area contributed by atoms with Crippen LogP contribution in [0.1, 0.15) is 25.5 Å². The summed E-state index contributed by atoms with van der Waals surface area (Å²) in [6.07, 6.45) is -1.12. The van der Waals surface area contributed by atoms with Gasteiger partial charge < -0.3 is 21.1 Å². The molecule has 1 aliphatic heterocycles. The molecule has 6 heteroatoms. The van der Waals surface area contributed by atoms with E-state index in [2.05, 4.69) is 5.32 Å². The number of rotatable bonds is 4. The first kappa shape index (κ1) is 13.4. The van der Waals surface area contributed by atoms with Crippen LogP contribution in [0.3, 0.4) is 0 Å². The molecular weight excluding hydrogens is 246 g/mol. The highest BCUT2D eigenvalue weighted by atomic mass is 16.3. The number of fused-ring (bicyclic) bond motifs is 1. The van der Waals surface area contributed by atoms with Gasteiger partial charge >= 0.3 is 0 Å². The Hall–Kier alpha value is -2.08. The van der Waals surface area contributed by atoms with Crippen molar-refractivity contribution >= 4 is 23.2 Å². The Balaban J connectivity index is 2.33. The van der Waals surface area contributed by atoms with Crippen LogP contribution in [-0.4, -0.2) is 29.5 Å². The van der Waals surface area contributed by atoms with Crippen molar-refractivity contribution in [2.45, 2.75) is 26.0 Å². The Morgan fingerprint density at radius 2 is 2.21 bits per heavy atom. The molecule has 4 N–H and O–H groups in total. The van der Waals surface area contributed by atoms with Crippen LogP contribution in [0, 0.1) is 0 Å². The van der Waals surface area contributed by atoms with Gasteiger partial charge in [-0.05, 0) is 26.0 Å². The number of hydrogen-bond donors (Lipinski definition) is 3. The summed E-state index contributed by atoms with van der Waals surface area (Å²) < 4.78 is 0. The average molecular weight is 263 g/mol. The zero-order valence-corrected chi connectivity index (χ0v) is 10.9. The van der Waals surface area contributed by atoms with Crippen LogP contribution in [0.25, 0.3) is 0 Å². The van der Waals surface area contributed by atoms with E-state index in [4.69, 9.17) is 5.73 Å². The van der Waals surface area contributed by atoms with E-state index in [1.807, 2.05) is 18.7 Å². The summed E-state index contributed by atoms with van der Waals surface area (Å²) in [5, 5.41) is 12.2. The van der Waals surface area contributed by atoms with Gasteiger partial charge in [-0.25, -0.2) is 0 Å². The van der Waals surface area contributed by atoms with Crippen molar-refractivity contribution in [2.75, 3.05) is 16.8 Å². The molecule has 0 aliphatic carbocycles. The van der Waals surface area contributed by atoms with Gasteiger partial charge in [-0.3, -0.25) is 9.59 Å². The summed E-state index contributed by atoms with van der Waals surface area (Å²) in [4.78, 5) is 24.3. The molecule has 1 aromatic rings. The third-order valence-corrected chi connectivity index (χ3v) is 3.12. The zero-order chi connectivity index (χ0) is 14.2. The fraction of sp³-hybridized carbons (Fsp3) is 0.385. The fourth-order valence-corrected chi connectivity index (χ4v) is 2.15. The van der Waals surface area contributed by atoms with Gasteiger partial charge in [-0.1, -0.05) is 6.07 Å². The molecule has 0 fully saturated rings. The minimum Gasteiger partial charge on any atom is -0.378 e. The molecule has 2 amide bonds. The Labute approximate surface area is 111 Å². The van der Waals surface area contributed by atoms with E-state index in [9.17, 15) is 14.7 Å². The monoisotopic (exact) mass is 263 g/mol. The normalized spacial score (nSPS) is 17.3. The van der Waals surface area contributed by atoms with Crippen LogP contribution in [0.5, 0.6) is 0 Å². The summed E-state index contributed by atoms with van der Waals surface area (Å²) in [7, 11) is 0. The third-order valence-electron chi connectivity index (χ3n) is 3.12. The number of anilines is 2. The number of nitrogens with one attached hydrogen (secondary N) is 1. The third kappa shape index (κ3) is 2.53. The molecule has 1 atom stereocenters. The maximum absolute atomic E-state index is 11.4. The molecule has 0 radical (unpaired) electrons. The molecule has 19 heavy (non-hydrogen) atoms. The van der Waals surface area contributed by atoms with E-state index in [-0.39, 0.29) is 12.6 Å². The van der Waals surface area contributed by atoms with E-state index in [0.29, 0.717) is 11.3 Å². The number of benzene rings is 1. The van der Waals surface area contributed by atoms with Crippen LogP contribution < -0.4 is 16.0 Å². The zero-order valence-electron chi connectivity index (χ0n) is 10.9. The fourth-order valence-electron chi connectivity index (χ4n) is 2.15. The lowest BCUT2D eigenvalue weighted by Crippen LogP contribution is -2.38. The molecular formula is C13H17N3O3. The van der Waals surface area contributed by atoms with E-state index >= 15 is 0 Å². The maximum Gasteiger partial charge on any atom is 0.257 e. The van der Waals surface area contributed by atoms with Crippen molar-refractivity contribution in [3.63, 3.8) is 0 Å². The number of amides is 2. The first-order valence-corrected chi connectivity index (χ1v) is 6.08. The summed E-state index contributed by atoms with van der Waals surface area (Å²) in [6, 6.07) is 5.29. The Bertz CT molecular complexity index is 528. The molecule has 102 valence electrons. The minimum absolute atomic E-state index is 0.0904. The van der Waals surface area contributed by atoms with Crippen LogP contribution >= 0.6 is 0 Å². The lowest BCUT2D eigenvalue weighted by Gasteiger charge is -2.28. The van der Waals surface area contributed by atoms with Gasteiger partial charge in [-0.15, -0.1) is 0 Å². The van der Waals surface area contributed by atoms with Gasteiger partial charge in [0, 0.05) is 23.0 Å². The van der Waals surface area contributed by atoms with Crippen molar-refractivity contribution in [3.8, 4) is 0 Å². The number of carbonyl (C=O) groups is 2. The second-order valence-corrected chi connectivity index (χ2v) is 4.85. The first-order valence-electron chi connectivity index (χ1n) is 6.08. The second-order valence-electron chi connectivity index (χ2n) is 4.85. The molecule has 1 unspecified atom stereocenters. The first-order chi connectivity index (χ1) is 8.90. The second kappa shape index (κ2) is 4.89. The quantitative estimate of drug-likeness (QED) is 0.731.